The molecule has 0 spiro atoms. The van der Waals surface area contributed by atoms with Crippen molar-refractivity contribution >= 4 is 0 Å². The van der Waals surface area contributed by atoms with Crippen molar-refractivity contribution < 1.29 is 24.4 Å². The summed E-state index contributed by atoms with van der Waals surface area (Å²) in [7, 11) is 0. The van der Waals surface area contributed by atoms with Crippen LogP contribution in [0.3, 0.4) is 0 Å². The molecule has 1 heterocycles. The highest BCUT2D eigenvalue weighted by molar-refractivity contribution is 4.92. The molecule has 2 unspecified atom stereocenters. The monoisotopic (exact) mass is 180 g/mol. The fraction of sp³-hybridized carbons (Fsp3) is 1.00. The zero-order chi connectivity index (χ0) is 9.30. The molecule has 5 heteroatoms. The standard InChI is InChI=1S/C7H13FO4/c1-3-5(10)6(11)7(12-3)4(8)2-9/h3-7,9-11H,2H2,1H3/t3-,4?,5?,6+,7+/m0/s1. The quantitative estimate of drug-likeness (QED) is 0.500. The molecule has 72 valence electrons. The van der Waals surface area contributed by atoms with E-state index in [4.69, 9.17) is 14.9 Å². The second-order valence-electron chi connectivity index (χ2n) is 2.99. The van der Waals surface area contributed by atoms with Crippen LogP contribution in [0.25, 0.3) is 0 Å². The number of alkyl halides is 1. The lowest BCUT2D eigenvalue weighted by atomic mass is 10.1. The Kier molecular flexibility index (Phi) is 3.00. The highest BCUT2D eigenvalue weighted by Crippen LogP contribution is 2.24. The lowest BCUT2D eigenvalue weighted by molar-refractivity contribution is -0.0471. The van der Waals surface area contributed by atoms with Crippen LogP contribution < -0.4 is 0 Å². The Hall–Kier alpha value is -0.230. The van der Waals surface area contributed by atoms with Gasteiger partial charge in [-0.25, -0.2) is 4.39 Å². The third kappa shape index (κ3) is 1.59. The van der Waals surface area contributed by atoms with Gasteiger partial charge in [-0.2, -0.15) is 0 Å². The third-order valence-corrected chi connectivity index (χ3v) is 2.07. The maximum atomic E-state index is 12.8. The van der Waals surface area contributed by atoms with E-state index >= 15 is 0 Å². The van der Waals surface area contributed by atoms with Crippen LogP contribution in [0, 0.1) is 0 Å². The number of ether oxygens (including phenoxy) is 1. The number of hydrogen-bond acceptors (Lipinski definition) is 4. The average molecular weight is 180 g/mol. The van der Waals surface area contributed by atoms with Crippen LogP contribution in [-0.2, 0) is 4.74 Å². The minimum atomic E-state index is -1.64. The van der Waals surface area contributed by atoms with E-state index in [1.165, 1.54) is 6.92 Å². The minimum Gasteiger partial charge on any atom is -0.393 e. The minimum absolute atomic E-state index is 0.588. The molecule has 0 amide bonds. The summed E-state index contributed by atoms with van der Waals surface area (Å²) in [5.74, 6) is 0. The topological polar surface area (TPSA) is 69.9 Å². The maximum absolute atomic E-state index is 12.8. The number of hydrogen-bond donors (Lipinski definition) is 3. The van der Waals surface area contributed by atoms with Crippen LogP contribution in [0.4, 0.5) is 4.39 Å². The van der Waals surface area contributed by atoms with E-state index in [-0.39, 0.29) is 0 Å². The van der Waals surface area contributed by atoms with Crippen LogP contribution >= 0.6 is 0 Å². The predicted octanol–water partition coefficient (Wildman–Crippen LogP) is -1.17. The molecule has 1 rings (SSSR count). The van der Waals surface area contributed by atoms with Crippen LogP contribution in [0.5, 0.6) is 0 Å². The Labute approximate surface area is 69.6 Å². The first kappa shape index (κ1) is 9.85. The smallest absolute Gasteiger partial charge is 0.152 e. The third-order valence-electron chi connectivity index (χ3n) is 2.07. The lowest BCUT2D eigenvalue weighted by Gasteiger charge is -2.16. The van der Waals surface area contributed by atoms with Gasteiger partial charge in [-0.3, -0.25) is 0 Å². The van der Waals surface area contributed by atoms with Crippen molar-refractivity contribution in [1.29, 1.82) is 0 Å². The number of aliphatic hydroxyl groups excluding tert-OH is 3. The molecule has 5 atom stereocenters. The van der Waals surface area contributed by atoms with Crippen molar-refractivity contribution in [3.8, 4) is 0 Å². The van der Waals surface area contributed by atoms with Gasteiger partial charge in [-0.1, -0.05) is 0 Å². The number of rotatable bonds is 2. The molecule has 0 radical (unpaired) electrons. The Morgan fingerprint density at radius 3 is 2.33 bits per heavy atom. The first-order chi connectivity index (χ1) is 5.57. The van der Waals surface area contributed by atoms with Gasteiger partial charge >= 0.3 is 0 Å². The SMILES string of the molecule is C[C@@H]1O[C@H](C(F)CO)[C@H](O)C1O. The van der Waals surface area contributed by atoms with Crippen molar-refractivity contribution in [1.82, 2.24) is 0 Å². The number of aliphatic hydroxyl groups is 3. The van der Waals surface area contributed by atoms with E-state index in [0.29, 0.717) is 0 Å². The highest BCUT2D eigenvalue weighted by Gasteiger charge is 2.44. The summed E-state index contributed by atoms with van der Waals surface area (Å²) in [6.07, 6.45) is -5.66. The van der Waals surface area contributed by atoms with E-state index in [9.17, 15) is 9.50 Å². The summed E-state index contributed by atoms with van der Waals surface area (Å²) in [6, 6.07) is 0. The first-order valence-electron chi connectivity index (χ1n) is 3.84. The largest absolute Gasteiger partial charge is 0.393 e. The summed E-state index contributed by atoms with van der Waals surface area (Å²) >= 11 is 0. The number of halogens is 1. The molecule has 4 nitrogen and oxygen atoms in total. The highest BCUT2D eigenvalue weighted by atomic mass is 19.1. The molecule has 0 aliphatic carbocycles. The van der Waals surface area contributed by atoms with Gasteiger partial charge in [-0.05, 0) is 6.92 Å². The summed E-state index contributed by atoms with van der Waals surface area (Å²) in [5.41, 5.74) is 0. The molecule has 1 fully saturated rings. The normalized spacial score (nSPS) is 44.8. The average Bonchev–Trinajstić information content (AvgIpc) is 2.32. The predicted molar refractivity (Wildman–Crippen MR) is 38.3 cm³/mol. The molecule has 0 aromatic rings. The zero-order valence-electron chi connectivity index (χ0n) is 6.72. The molecular weight excluding hydrogens is 167 g/mol. The van der Waals surface area contributed by atoms with Crippen molar-refractivity contribution in [3.05, 3.63) is 0 Å². The molecule has 3 N–H and O–H groups in total. The van der Waals surface area contributed by atoms with Crippen LogP contribution in [0.1, 0.15) is 6.92 Å². The lowest BCUT2D eigenvalue weighted by Crippen LogP contribution is -2.38. The Bertz CT molecular complexity index is 154. The molecule has 1 saturated heterocycles. The summed E-state index contributed by atoms with van der Waals surface area (Å²) < 4.78 is 17.7. The maximum Gasteiger partial charge on any atom is 0.152 e. The van der Waals surface area contributed by atoms with Crippen molar-refractivity contribution in [2.24, 2.45) is 0 Å². The summed E-state index contributed by atoms with van der Waals surface area (Å²) in [5, 5.41) is 26.8. The van der Waals surface area contributed by atoms with E-state index in [0.717, 1.165) is 0 Å². The van der Waals surface area contributed by atoms with Crippen molar-refractivity contribution in [3.63, 3.8) is 0 Å². The van der Waals surface area contributed by atoms with E-state index in [1.54, 1.807) is 0 Å². The van der Waals surface area contributed by atoms with Gasteiger partial charge in [0.15, 0.2) is 6.17 Å². The Balaban J connectivity index is 2.58. The van der Waals surface area contributed by atoms with Gasteiger partial charge in [0.2, 0.25) is 0 Å². The first-order valence-corrected chi connectivity index (χ1v) is 3.84. The van der Waals surface area contributed by atoms with E-state index in [2.05, 4.69) is 0 Å². The molecule has 0 saturated carbocycles. The van der Waals surface area contributed by atoms with Crippen LogP contribution in [0.2, 0.25) is 0 Å². The van der Waals surface area contributed by atoms with Crippen molar-refractivity contribution in [2.45, 2.75) is 37.5 Å². The molecule has 0 bridgehead atoms. The van der Waals surface area contributed by atoms with Gasteiger partial charge in [0.05, 0.1) is 12.7 Å². The molecule has 1 aliphatic rings. The summed E-state index contributed by atoms with van der Waals surface area (Å²) in [6.45, 7) is 0.832. The van der Waals surface area contributed by atoms with Gasteiger partial charge < -0.3 is 20.1 Å². The second-order valence-corrected chi connectivity index (χ2v) is 2.99. The van der Waals surface area contributed by atoms with Crippen molar-refractivity contribution in [2.75, 3.05) is 6.61 Å². The Morgan fingerprint density at radius 2 is 2.00 bits per heavy atom. The van der Waals surface area contributed by atoms with Gasteiger partial charge in [-0.15, -0.1) is 0 Å². The van der Waals surface area contributed by atoms with Gasteiger partial charge in [0, 0.05) is 0 Å². The summed E-state index contributed by atoms with van der Waals surface area (Å²) in [4.78, 5) is 0. The van der Waals surface area contributed by atoms with Crippen LogP contribution in [-0.4, -0.2) is 52.5 Å². The molecule has 12 heavy (non-hydrogen) atoms. The molecular formula is C7H13FO4. The van der Waals surface area contributed by atoms with Crippen LogP contribution in [0.15, 0.2) is 0 Å². The molecule has 0 aromatic carbocycles. The van der Waals surface area contributed by atoms with Gasteiger partial charge in [0.1, 0.15) is 18.3 Å². The second kappa shape index (κ2) is 3.66. The Morgan fingerprint density at radius 1 is 1.42 bits per heavy atom. The fourth-order valence-electron chi connectivity index (χ4n) is 1.28. The zero-order valence-corrected chi connectivity index (χ0v) is 6.72. The van der Waals surface area contributed by atoms with Gasteiger partial charge in [0.25, 0.3) is 0 Å². The fourth-order valence-corrected chi connectivity index (χ4v) is 1.28. The molecule has 0 aromatic heterocycles. The van der Waals surface area contributed by atoms with E-state index < -0.39 is 37.2 Å². The molecule has 1 aliphatic heterocycles. The van der Waals surface area contributed by atoms with E-state index in [1.807, 2.05) is 0 Å².